The number of aryl methyl sites for hydroxylation is 2. The van der Waals surface area contributed by atoms with Crippen LogP contribution in [0.3, 0.4) is 0 Å². The number of nitrogens with one attached hydrogen (secondary N) is 1. The number of nitro groups is 1. The van der Waals surface area contributed by atoms with E-state index in [1.807, 2.05) is 32.0 Å². The molecule has 3 rings (SSSR count). The van der Waals surface area contributed by atoms with Crippen LogP contribution in [0.5, 0.6) is 0 Å². The van der Waals surface area contributed by atoms with Gasteiger partial charge in [0.2, 0.25) is 0 Å². The molecule has 6 heteroatoms. The number of hydrogen-bond donors (Lipinski definition) is 1. The molecule has 6 nitrogen and oxygen atoms in total. The first kappa shape index (κ1) is 16.6. The van der Waals surface area contributed by atoms with Crippen molar-refractivity contribution >= 4 is 28.2 Å². The summed E-state index contributed by atoms with van der Waals surface area (Å²) in [6.45, 7) is 5.40. The van der Waals surface area contributed by atoms with Gasteiger partial charge in [0.15, 0.2) is 0 Å². The van der Waals surface area contributed by atoms with E-state index in [2.05, 4.69) is 10.3 Å². The van der Waals surface area contributed by atoms with Gasteiger partial charge in [0.05, 0.1) is 27.3 Å². The molecule has 0 bridgehead atoms. The highest BCUT2D eigenvalue weighted by atomic mass is 16.6. The second-order valence-corrected chi connectivity index (χ2v) is 5.99. The van der Waals surface area contributed by atoms with Crippen LogP contribution in [0.1, 0.15) is 27.2 Å². The highest BCUT2D eigenvalue weighted by molar-refractivity contribution is 6.12. The van der Waals surface area contributed by atoms with E-state index < -0.39 is 4.92 Å². The Kier molecular flexibility index (Phi) is 4.19. The molecule has 0 saturated carbocycles. The zero-order valence-corrected chi connectivity index (χ0v) is 14.2. The molecule has 0 aliphatic heterocycles. The van der Waals surface area contributed by atoms with Crippen LogP contribution in [0.25, 0.3) is 10.9 Å². The molecule has 0 saturated heterocycles. The number of fused-ring (bicyclic) bond motifs is 1. The number of carbonyl (C=O) groups is 1. The molecular weight excluding hydrogens is 318 g/mol. The van der Waals surface area contributed by atoms with Gasteiger partial charge in [-0.2, -0.15) is 0 Å². The summed E-state index contributed by atoms with van der Waals surface area (Å²) < 4.78 is 0. The molecular formula is C19H17N3O3. The summed E-state index contributed by atoms with van der Waals surface area (Å²) >= 11 is 0. The lowest BCUT2D eigenvalue weighted by Gasteiger charge is -2.11. The SMILES string of the molecule is Cc1ccc2nc(C)cc(C(=O)Nc3cccc([N+](=O)[O-])c3C)c2c1. The van der Waals surface area contributed by atoms with Crippen LogP contribution >= 0.6 is 0 Å². The van der Waals surface area contributed by atoms with E-state index in [0.29, 0.717) is 16.8 Å². The quantitative estimate of drug-likeness (QED) is 0.570. The lowest BCUT2D eigenvalue weighted by Crippen LogP contribution is -2.14. The lowest BCUT2D eigenvalue weighted by molar-refractivity contribution is -0.385. The maximum Gasteiger partial charge on any atom is 0.274 e. The van der Waals surface area contributed by atoms with Crippen molar-refractivity contribution in [1.82, 2.24) is 4.98 Å². The van der Waals surface area contributed by atoms with E-state index in [1.54, 1.807) is 25.1 Å². The highest BCUT2D eigenvalue weighted by Crippen LogP contribution is 2.27. The van der Waals surface area contributed by atoms with Gasteiger partial charge in [-0.15, -0.1) is 0 Å². The predicted molar refractivity (Wildman–Crippen MR) is 97.0 cm³/mol. The molecule has 1 amide bonds. The first-order valence-electron chi connectivity index (χ1n) is 7.80. The van der Waals surface area contributed by atoms with E-state index >= 15 is 0 Å². The third-order valence-electron chi connectivity index (χ3n) is 4.09. The largest absolute Gasteiger partial charge is 0.321 e. The molecule has 0 fully saturated rings. The topological polar surface area (TPSA) is 85.1 Å². The summed E-state index contributed by atoms with van der Waals surface area (Å²) in [5.74, 6) is -0.315. The Morgan fingerprint density at radius 2 is 1.88 bits per heavy atom. The molecule has 126 valence electrons. The second-order valence-electron chi connectivity index (χ2n) is 5.99. The minimum atomic E-state index is -0.458. The van der Waals surface area contributed by atoms with Crippen molar-refractivity contribution in [3.8, 4) is 0 Å². The average Bonchev–Trinajstić information content (AvgIpc) is 2.56. The number of hydrogen-bond acceptors (Lipinski definition) is 4. The van der Waals surface area contributed by atoms with Crippen molar-refractivity contribution in [2.45, 2.75) is 20.8 Å². The van der Waals surface area contributed by atoms with Crippen molar-refractivity contribution in [3.05, 3.63) is 75.0 Å². The lowest BCUT2D eigenvalue weighted by atomic mass is 10.0. The van der Waals surface area contributed by atoms with Gasteiger partial charge < -0.3 is 5.32 Å². The summed E-state index contributed by atoms with van der Waals surface area (Å²) in [6, 6.07) is 12.1. The summed E-state index contributed by atoms with van der Waals surface area (Å²) in [4.78, 5) is 27.9. The number of pyridine rings is 1. The standard InChI is InChI=1S/C19H17N3O3/c1-11-7-8-17-14(9-11)15(10-12(2)20-17)19(23)21-16-5-4-6-18(13(16)3)22(24)25/h4-10H,1-3H3,(H,21,23). The fraction of sp³-hybridized carbons (Fsp3) is 0.158. The van der Waals surface area contributed by atoms with Crippen molar-refractivity contribution in [1.29, 1.82) is 0 Å². The van der Waals surface area contributed by atoms with Gasteiger partial charge >= 0.3 is 0 Å². The number of anilines is 1. The van der Waals surface area contributed by atoms with Gasteiger partial charge in [0, 0.05) is 17.1 Å². The van der Waals surface area contributed by atoms with Crippen LogP contribution in [-0.2, 0) is 0 Å². The van der Waals surface area contributed by atoms with Crippen molar-refractivity contribution < 1.29 is 9.72 Å². The fourth-order valence-corrected chi connectivity index (χ4v) is 2.81. The smallest absolute Gasteiger partial charge is 0.274 e. The monoisotopic (exact) mass is 335 g/mol. The first-order valence-corrected chi connectivity index (χ1v) is 7.80. The number of rotatable bonds is 3. The molecule has 25 heavy (non-hydrogen) atoms. The van der Waals surface area contributed by atoms with Crippen LogP contribution in [0.4, 0.5) is 11.4 Å². The number of nitro benzene ring substituents is 1. The molecule has 0 radical (unpaired) electrons. The van der Waals surface area contributed by atoms with Crippen LogP contribution in [0.2, 0.25) is 0 Å². The molecule has 1 aromatic heterocycles. The molecule has 0 atom stereocenters. The van der Waals surface area contributed by atoms with E-state index in [-0.39, 0.29) is 11.6 Å². The summed E-state index contributed by atoms with van der Waals surface area (Å²) in [5.41, 5.74) is 3.82. The van der Waals surface area contributed by atoms with E-state index in [0.717, 1.165) is 22.2 Å². The minimum Gasteiger partial charge on any atom is -0.321 e. The predicted octanol–water partition coefficient (Wildman–Crippen LogP) is 4.32. The van der Waals surface area contributed by atoms with Crippen LogP contribution in [0.15, 0.2) is 42.5 Å². The van der Waals surface area contributed by atoms with E-state index in [9.17, 15) is 14.9 Å². The van der Waals surface area contributed by atoms with Crippen molar-refractivity contribution in [2.24, 2.45) is 0 Å². The normalized spacial score (nSPS) is 10.7. The Hall–Kier alpha value is -3.28. The molecule has 2 aromatic carbocycles. The molecule has 3 aromatic rings. The van der Waals surface area contributed by atoms with Gasteiger partial charge in [-0.05, 0) is 45.0 Å². The van der Waals surface area contributed by atoms with Crippen LogP contribution < -0.4 is 5.32 Å². The number of amides is 1. The number of aromatic nitrogens is 1. The van der Waals surface area contributed by atoms with Gasteiger partial charge in [-0.25, -0.2) is 0 Å². The molecule has 0 spiro atoms. The van der Waals surface area contributed by atoms with E-state index in [1.165, 1.54) is 6.07 Å². The van der Waals surface area contributed by atoms with Crippen molar-refractivity contribution in [3.63, 3.8) is 0 Å². The Bertz CT molecular complexity index is 1010. The minimum absolute atomic E-state index is 0.0237. The van der Waals surface area contributed by atoms with Crippen LogP contribution in [-0.4, -0.2) is 15.8 Å². The van der Waals surface area contributed by atoms with Gasteiger partial charge in [-0.1, -0.05) is 17.7 Å². The summed E-state index contributed by atoms with van der Waals surface area (Å²) in [5, 5.41) is 14.6. The zero-order valence-electron chi connectivity index (χ0n) is 14.2. The number of benzene rings is 2. The Balaban J connectivity index is 2.05. The Labute approximate surface area is 144 Å². The summed E-state index contributed by atoms with van der Waals surface area (Å²) in [6.07, 6.45) is 0. The Morgan fingerprint density at radius 3 is 2.60 bits per heavy atom. The van der Waals surface area contributed by atoms with Crippen LogP contribution in [0, 0.1) is 30.9 Å². The third-order valence-corrected chi connectivity index (χ3v) is 4.09. The highest BCUT2D eigenvalue weighted by Gasteiger charge is 2.17. The molecule has 1 heterocycles. The molecule has 0 aliphatic carbocycles. The maximum absolute atomic E-state index is 12.8. The van der Waals surface area contributed by atoms with E-state index in [4.69, 9.17) is 0 Å². The summed E-state index contributed by atoms with van der Waals surface area (Å²) in [7, 11) is 0. The van der Waals surface area contributed by atoms with Gasteiger partial charge in [0.1, 0.15) is 0 Å². The maximum atomic E-state index is 12.8. The second kappa shape index (κ2) is 6.32. The average molecular weight is 335 g/mol. The third kappa shape index (κ3) is 3.19. The fourth-order valence-electron chi connectivity index (χ4n) is 2.81. The Morgan fingerprint density at radius 1 is 1.12 bits per heavy atom. The zero-order chi connectivity index (χ0) is 18.1. The number of carbonyl (C=O) groups excluding carboxylic acids is 1. The van der Waals surface area contributed by atoms with Crippen molar-refractivity contribution in [2.75, 3.05) is 5.32 Å². The van der Waals surface area contributed by atoms with Gasteiger partial charge in [0.25, 0.3) is 11.6 Å². The first-order chi connectivity index (χ1) is 11.9. The molecule has 1 N–H and O–H groups in total. The van der Waals surface area contributed by atoms with Gasteiger partial charge in [-0.3, -0.25) is 19.9 Å². The molecule has 0 aliphatic rings. The molecule has 0 unspecified atom stereocenters. The number of nitrogens with zero attached hydrogens (tertiary/aromatic N) is 2.